The van der Waals surface area contributed by atoms with Crippen LogP contribution in [0.15, 0.2) is 29.5 Å². The Labute approximate surface area is 127 Å². The Morgan fingerprint density at radius 3 is 2.68 bits per heavy atom. The molecule has 7 heteroatoms. The van der Waals surface area contributed by atoms with Gasteiger partial charge in [-0.3, -0.25) is 4.79 Å². The number of nitrogens with one attached hydrogen (secondary N) is 2. The van der Waals surface area contributed by atoms with Gasteiger partial charge in [0.25, 0.3) is 5.91 Å². The van der Waals surface area contributed by atoms with Gasteiger partial charge in [-0.25, -0.2) is 4.79 Å². The Bertz CT molecular complexity index is 683. The van der Waals surface area contributed by atoms with E-state index in [0.29, 0.717) is 34.9 Å². The van der Waals surface area contributed by atoms with Crippen LogP contribution in [-0.2, 0) is 4.79 Å². The van der Waals surface area contributed by atoms with Crippen molar-refractivity contribution in [2.24, 2.45) is 0 Å². The molecule has 0 radical (unpaired) electrons. The summed E-state index contributed by atoms with van der Waals surface area (Å²) in [6.45, 7) is 0.393. The second kappa shape index (κ2) is 5.25. The summed E-state index contributed by atoms with van der Waals surface area (Å²) < 4.78 is 10.7. The monoisotopic (exact) mass is 303 g/mol. The molecule has 7 nitrogen and oxygen atoms in total. The Hall–Kier alpha value is -2.70. The molecule has 1 atom stereocenters. The topological polar surface area (TPSA) is 79.9 Å². The van der Waals surface area contributed by atoms with E-state index in [9.17, 15) is 9.59 Å². The molecule has 2 aliphatic rings. The van der Waals surface area contributed by atoms with Gasteiger partial charge >= 0.3 is 6.03 Å². The van der Waals surface area contributed by atoms with E-state index in [0.717, 1.165) is 0 Å². The van der Waals surface area contributed by atoms with Gasteiger partial charge in [-0.05, 0) is 6.07 Å². The lowest BCUT2D eigenvalue weighted by atomic mass is 9.95. The first-order valence-electron chi connectivity index (χ1n) is 6.83. The highest BCUT2D eigenvalue weighted by atomic mass is 16.5. The highest BCUT2D eigenvalue weighted by molar-refractivity contribution is 6.01. The van der Waals surface area contributed by atoms with Gasteiger partial charge in [0, 0.05) is 12.6 Å². The third-order valence-electron chi connectivity index (χ3n) is 3.87. The van der Waals surface area contributed by atoms with Crippen LogP contribution in [-0.4, -0.2) is 44.7 Å². The number of amides is 3. The van der Waals surface area contributed by atoms with Crippen LogP contribution in [0.3, 0.4) is 0 Å². The van der Waals surface area contributed by atoms with Crippen LogP contribution in [0.25, 0.3) is 0 Å². The molecule has 0 fully saturated rings. The summed E-state index contributed by atoms with van der Waals surface area (Å²) in [5, 5.41) is 5.49. The number of methoxy groups -OCH3 is 2. The quantitative estimate of drug-likeness (QED) is 0.865. The third kappa shape index (κ3) is 2.05. The summed E-state index contributed by atoms with van der Waals surface area (Å²) >= 11 is 0. The smallest absolute Gasteiger partial charge is 0.319 e. The van der Waals surface area contributed by atoms with E-state index >= 15 is 0 Å². The predicted octanol–water partition coefficient (Wildman–Crippen LogP) is 0.784. The van der Waals surface area contributed by atoms with Gasteiger partial charge in [-0.2, -0.15) is 0 Å². The molecule has 1 unspecified atom stereocenters. The Morgan fingerprint density at radius 2 is 2.00 bits per heavy atom. The van der Waals surface area contributed by atoms with Gasteiger partial charge in [-0.1, -0.05) is 12.1 Å². The average molecular weight is 303 g/mol. The number of ether oxygens (including phenoxy) is 2. The molecule has 0 aliphatic carbocycles. The number of benzene rings is 1. The molecule has 1 aromatic rings. The van der Waals surface area contributed by atoms with Crippen molar-refractivity contribution >= 4 is 11.9 Å². The molecule has 0 spiro atoms. The molecule has 3 rings (SSSR count). The van der Waals surface area contributed by atoms with Crippen molar-refractivity contribution in [1.82, 2.24) is 15.5 Å². The lowest BCUT2D eigenvalue weighted by Crippen LogP contribution is -2.44. The van der Waals surface area contributed by atoms with Crippen LogP contribution in [0.5, 0.6) is 11.5 Å². The van der Waals surface area contributed by atoms with Crippen LogP contribution in [0, 0.1) is 0 Å². The van der Waals surface area contributed by atoms with E-state index in [1.807, 2.05) is 6.07 Å². The highest BCUT2D eigenvalue weighted by Gasteiger charge is 2.40. The van der Waals surface area contributed by atoms with Crippen LogP contribution in [0.2, 0.25) is 0 Å². The number of hydrogen-bond donors (Lipinski definition) is 2. The molecule has 3 amide bonds. The third-order valence-corrected chi connectivity index (χ3v) is 3.87. The molecule has 2 heterocycles. The van der Waals surface area contributed by atoms with Crippen molar-refractivity contribution in [3.63, 3.8) is 0 Å². The molecular weight excluding hydrogens is 286 g/mol. The number of nitrogens with zero attached hydrogens (tertiary/aromatic N) is 1. The second-order valence-electron chi connectivity index (χ2n) is 5.17. The van der Waals surface area contributed by atoms with Crippen molar-refractivity contribution in [2.45, 2.75) is 6.04 Å². The zero-order chi connectivity index (χ0) is 15.9. The Kier molecular flexibility index (Phi) is 3.40. The Morgan fingerprint density at radius 1 is 1.23 bits per heavy atom. The largest absolute Gasteiger partial charge is 0.493 e. The summed E-state index contributed by atoms with van der Waals surface area (Å²) in [5.74, 6) is 0.942. The summed E-state index contributed by atoms with van der Waals surface area (Å²) in [5.41, 5.74) is 1.85. The van der Waals surface area contributed by atoms with Crippen LogP contribution in [0.4, 0.5) is 4.79 Å². The maximum atomic E-state index is 12.4. The Balaban J connectivity index is 2.13. The standard InChI is InChI=1S/C15H17N3O4/c1-18-7-9-11(14(18)19)12(17-15(20)16-9)8-5-4-6-10(21-2)13(8)22-3/h4-6,12H,7H2,1-3H3,(H2,16,17,20). The molecule has 0 bridgehead atoms. The van der Waals surface area contributed by atoms with E-state index < -0.39 is 6.04 Å². The molecular formula is C15H17N3O4. The van der Waals surface area contributed by atoms with Gasteiger partial charge in [-0.15, -0.1) is 0 Å². The molecule has 1 aromatic carbocycles. The first kappa shape index (κ1) is 14.2. The number of rotatable bonds is 3. The van der Waals surface area contributed by atoms with Gasteiger partial charge in [0.1, 0.15) is 0 Å². The lowest BCUT2D eigenvalue weighted by Gasteiger charge is -2.27. The molecule has 0 aromatic heterocycles. The van der Waals surface area contributed by atoms with Gasteiger partial charge in [0.05, 0.1) is 38.1 Å². The first-order chi connectivity index (χ1) is 10.6. The van der Waals surface area contributed by atoms with Gasteiger partial charge in [0.15, 0.2) is 11.5 Å². The number of carbonyl (C=O) groups is 2. The average Bonchev–Trinajstić information content (AvgIpc) is 2.80. The van der Waals surface area contributed by atoms with Crippen molar-refractivity contribution < 1.29 is 19.1 Å². The minimum atomic E-state index is -0.564. The summed E-state index contributed by atoms with van der Waals surface area (Å²) in [7, 11) is 4.77. The first-order valence-corrected chi connectivity index (χ1v) is 6.83. The summed E-state index contributed by atoms with van der Waals surface area (Å²) in [6, 6.07) is 4.48. The molecule has 2 aliphatic heterocycles. The van der Waals surface area contributed by atoms with Crippen molar-refractivity contribution in [2.75, 3.05) is 27.8 Å². The maximum absolute atomic E-state index is 12.4. The number of urea groups is 1. The fourth-order valence-electron chi connectivity index (χ4n) is 2.88. The molecule has 0 saturated carbocycles. The lowest BCUT2D eigenvalue weighted by molar-refractivity contribution is -0.124. The van der Waals surface area contributed by atoms with Crippen LogP contribution < -0.4 is 20.1 Å². The molecule has 2 N–H and O–H groups in total. The van der Waals surface area contributed by atoms with E-state index in [1.165, 1.54) is 7.11 Å². The van der Waals surface area contributed by atoms with Gasteiger partial charge < -0.3 is 25.0 Å². The highest BCUT2D eigenvalue weighted by Crippen LogP contribution is 2.40. The second-order valence-corrected chi connectivity index (χ2v) is 5.17. The fraction of sp³-hybridized carbons (Fsp3) is 0.333. The minimum Gasteiger partial charge on any atom is -0.493 e. The fourth-order valence-corrected chi connectivity index (χ4v) is 2.88. The SMILES string of the molecule is COc1cccc(C2NC(=O)NC3=C2C(=O)N(C)C3)c1OC. The summed E-state index contributed by atoms with van der Waals surface area (Å²) in [4.78, 5) is 25.9. The molecule has 116 valence electrons. The van der Waals surface area contributed by atoms with E-state index in [2.05, 4.69) is 10.6 Å². The van der Waals surface area contributed by atoms with Crippen molar-refractivity contribution in [3.05, 3.63) is 35.0 Å². The summed E-state index contributed by atoms with van der Waals surface area (Å²) in [6.07, 6.45) is 0. The zero-order valence-corrected chi connectivity index (χ0v) is 12.6. The minimum absolute atomic E-state index is 0.114. The van der Waals surface area contributed by atoms with Crippen LogP contribution in [0.1, 0.15) is 11.6 Å². The van der Waals surface area contributed by atoms with Crippen molar-refractivity contribution in [3.8, 4) is 11.5 Å². The maximum Gasteiger partial charge on any atom is 0.319 e. The molecule has 22 heavy (non-hydrogen) atoms. The number of hydrogen-bond acceptors (Lipinski definition) is 4. The normalized spacial score (nSPS) is 20.5. The van der Waals surface area contributed by atoms with E-state index in [-0.39, 0.29) is 11.9 Å². The van der Waals surface area contributed by atoms with Gasteiger partial charge in [0.2, 0.25) is 0 Å². The zero-order valence-electron chi connectivity index (χ0n) is 12.6. The van der Waals surface area contributed by atoms with E-state index in [4.69, 9.17) is 9.47 Å². The number of likely N-dealkylation sites (N-methyl/N-ethyl adjacent to an activating group) is 1. The molecule has 0 saturated heterocycles. The number of para-hydroxylation sites is 1. The van der Waals surface area contributed by atoms with E-state index in [1.54, 1.807) is 31.2 Å². The van der Waals surface area contributed by atoms with Crippen molar-refractivity contribution in [1.29, 1.82) is 0 Å². The number of carbonyl (C=O) groups excluding carboxylic acids is 2. The predicted molar refractivity (Wildman–Crippen MR) is 78.6 cm³/mol. The van der Waals surface area contributed by atoms with Crippen LogP contribution >= 0.6 is 0 Å².